The number of rotatable bonds is 5. The molecule has 0 bridgehead atoms. The van der Waals surface area contributed by atoms with Crippen molar-refractivity contribution in [1.82, 2.24) is 0 Å². The maximum atomic E-state index is 6.27. The zero-order valence-electron chi connectivity index (χ0n) is 11.7. The Labute approximate surface area is 124 Å². The molecule has 1 aliphatic rings. The van der Waals surface area contributed by atoms with Crippen molar-refractivity contribution in [1.29, 1.82) is 0 Å². The summed E-state index contributed by atoms with van der Waals surface area (Å²) in [6.45, 7) is 0.690. The van der Waals surface area contributed by atoms with Crippen LogP contribution in [-0.4, -0.2) is 18.0 Å². The zero-order chi connectivity index (χ0) is 13.6. The highest BCUT2D eigenvalue weighted by Crippen LogP contribution is 2.33. The van der Waals surface area contributed by atoms with E-state index in [-0.39, 0.29) is 5.60 Å². The second-order valence-electron chi connectivity index (χ2n) is 5.37. The van der Waals surface area contributed by atoms with Crippen molar-refractivity contribution >= 4 is 15.9 Å². The van der Waals surface area contributed by atoms with Gasteiger partial charge in [-0.25, -0.2) is 0 Å². The number of hydrogen-bond acceptors (Lipinski definition) is 2. The topological polar surface area (TPSA) is 18.5 Å². The Bertz CT molecular complexity index is 367. The molecule has 3 heteroatoms. The summed E-state index contributed by atoms with van der Waals surface area (Å²) in [5, 5.41) is 0.941. The first kappa shape index (κ1) is 14.9. The molecule has 0 radical (unpaired) electrons. The first-order valence-corrected chi connectivity index (χ1v) is 8.23. The lowest BCUT2D eigenvalue weighted by Gasteiger charge is -2.31. The molecule has 0 saturated heterocycles. The molecule has 0 N–H and O–H groups in total. The normalized spacial score (nSPS) is 18.8. The molecule has 2 rings (SSSR count). The van der Waals surface area contributed by atoms with E-state index in [1.54, 1.807) is 7.11 Å². The van der Waals surface area contributed by atoms with Gasteiger partial charge in [-0.2, -0.15) is 0 Å². The molecule has 2 nitrogen and oxygen atoms in total. The minimum atomic E-state index is 0.0381. The van der Waals surface area contributed by atoms with Crippen LogP contribution in [0.15, 0.2) is 24.3 Å². The van der Waals surface area contributed by atoms with Gasteiger partial charge >= 0.3 is 0 Å². The highest BCUT2D eigenvalue weighted by atomic mass is 79.9. The number of hydrogen-bond donors (Lipinski definition) is 0. The van der Waals surface area contributed by atoms with E-state index in [2.05, 4.69) is 28.1 Å². The molecule has 0 amide bonds. The maximum Gasteiger partial charge on any atom is 0.118 e. The second kappa shape index (κ2) is 7.30. The van der Waals surface area contributed by atoms with Crippen molar-refractivity contribution < 1.29 is 9.47 Å². The lowest BCUT2D eigenvalue weighted by molar-refractivity contribution is -0.0485. The summed E-state index contributed by atoms with van der Waals surface area (Å²) in [6.07, 6.45) is 7.62. The smallest absolute Gasteiger partial charge is 0.118 e. The van der Waals surface area contributed by atoms with Gasteiger partial charge < -0.3 is 9.47 Å². The largest absolute Gasteiger partial charge is 0.497 e. The highest BCUT2D eigenvalue weighted by molar-refractivity contribution is 9.09. The van der Waals surface area contributed by atoms with Gasteiger partial charge in [0.2, 0.25) is 0 Å². The van der Waals surface area contributed by atoms with Crippen LogP contribution < -0.4 is 4.74 Å². The summed E-state index contributed by atoms with van der Waals surface area (Å²) in [6, 6.07) is 8.15. The molecule has 0 aliphatic heterocycles. The molecule has 106 valence electrons. The maximum absolute atomic E-state index is 6.27. The fourth-order valence-corrected chi connectivity index (χ4v) is 3.37. The fraction of sp³-hybridized carbons (Fsp3) is 0.625. The van der Waals surface area contributed by atoms with Gasteiger partial charge in [0.25, 0.3) is 0 Å². The SMILES string of the molecule is COc1ccc(COC2(CBr)CCCCCC2)cc1. The number of alkyl halides is 1. The van der Waals surface area contributed by atoms with E-state index in [0.717, 1.165) is 11.1 Å². The van der Waals surface area contributed by atoms with Crippen molar-refractivity contribution in [2.24, 2.45) is 0 Å². The summed E-state index contributed by atoms with van der Waals surface area (Å²) >= 11 is 3.65. The van der Waals surface area contributed by atoms with E-state index < -0.39 is 0 Å². The standard InChI is InChI=1S/C16H23BrO2/c1-18-15-8-6-14(7-9-15)12-19-16(13-17)10-4-2-3-5-11-16/h6-9H,2-5,10-13H2,1H3. The van der Waals surface area contributed by atoms with Crippen LogP contribution in [0.4, 0.5) is 0 Å². The summed E-state index contributed by atoms with van der Waals surface area (Å²) in [7, 11) is 1.69. The summed E-state index contributed by atoms with van der Waals surface area (Å²) < 4.78 is 11.4. The van der Waals surface area contributed by atoms with Crippen LogP contribution in [0.1, 0.15) is 44.1 Å². The lowest BCUT2D eigenvalue weighted by atomic mass is 9.96. The first-order chi connectivity index (χ1) is 9.28. The molecule has 0 atom stereocenters. The Morgan fingerprint density at radius 3 is 2.21 bits per heavy atom. The van der Waals surface area contributed by atoms with Gasteiger partial charge in [-0.3, -0.25) is 0 Å². The third-order valence-corrected chi connectivity index (χ3v) is 4.98. The van der Waals surface area contributed by atoms with Crippen LogP contribution in [0.2, 0.25) is 0 Å². The van der Waals surface area contributed by atoms with Gasteiger partial charge in [0, 0.05) is 5.33 Å². The van der Waals surface area contributed by atoms with Gasteiger partial charge in [-0.15, -0.1) is 0 Å². The molecular weight excluding hydrogens is 304 g/mol. The van der Waals surface area contributed by atoms with E-state index in [0.29, 0.717) is 6.61 Å². The van der Waals surface area contributed by atoms with Crippen LogP contribution in [-0.2, 0) is 11.3 Å². The van der Waals surface area contributed by atoms with Gasteiger partial charge in [0.15, 0.2) is 0 Å². The molecule has 1 aromatic rings. The average molecular weight is 327 g/mol. The second-order valence-corrected chi connectivity index (χ2v) is 5.93. The molecule has 19 heavy (non-hydrogen) atoms. The predicted octanol–water partition coefficient (Wildman–Crippen LogP) is 4.70. The molecule has 1 aromatic carbocycles. The number of halogens is 1. The summed E-state index contributed by atoms with van der Waals surface area (Å²) in [4.78, 5) is 0. The molecule has 0 heterocycles. The van der Waals surface area contributed by atoms with E-state index >= 15 is 0 Å². The highest BCUT2D eigenvalue weighted by Gasteiger charge is 2.30. The molecule has 1 aliphatic carbocycles. The molecular formula is C16H23BrO2. The Hall–Kier alpha value is -0.540. The molecule has 0 unspecified atom stereocenters. The average Bonchev–Trinajstić information content (AvgIpc) is 2.72. The van der Waals surface area contributed by atoms with E-state index in [1.807, 2.05) is 12.1 Å². The lowest BCUT2D eigenvalue weighted by Crippen LogP contribution is -2.33. The minimum absolute atomic E-state index is 0.0381. The van der Waals surface area contributed by atoms with Crippen molar-refractivity contribution in [2.45, 2.75) is 50.7 Å². The Morgan fingerprint density at radius 1 is 1.05 bits per heavy atom. The molecule has 1 fully saturated rings. The van der Waals surface area contributed by atoms with Crippen molar-refractivity contribution in [3.8, 4) is 5.75 Å². The fourth-order valence-electron chi connectivity index (χ4n) is 2.65. The first-order valence-electron chi connectivity index (χ1n) is 7.11. The van der Waals surface area contributed by atoms with Gasteiger partial charge in [-0.1, -0.05) is 53.7 Å². The Kier molecular flexibility index (Phi) is 5.71. The van der Waals surface area contributed by atoms with Crippen LogP contribution >= 0.6 is 15.9 Å². The number of benzene rings is 1. The van der Waals surface area contributed by atoms with Crippen molar-refractivity contribution in [2.75, 3.05) is 12.4 Å². The number of methoxy groups -OCH3 is 1. The molecule has 0 aromatic heterocycles. The monoisotopic (exact) mass is 326 g/mol. The van der Waals surface area contributed by atoms with Crippen LogP contribution in [0.5, 0.6) is 5.75 Å². The van der Waals surface area contributed by atoms with Crippen LogP contribution in [0, 0.1) is 0 Å². The zero-order valence-corrected chi connectivity index (χ0v) is 13.2. The van der Waals surface area contributed by atoms with Crippen LogP contribution in [0.25, 0.3) is 0 Å². The van der Waals surface area contributed by atoms with Crippen molar-refractivity contribution in [3.63, 3.8) is 0 Å². The summed E-state index contributed by atoms with van der Waals surface area (Å²) in [5.41, 5.74) is 1.25. The third-order valence-electron chi connectivity index (χ3n) is 3.96. The Balaban J connectivity index is 1.94. The summed E-state index contributed by atoms with van der Waals surface area (Å²) in [5.74, 6) is 0.897. The van der Waals surface area contributed by atoms with Gasteiger partial charge in [0.05, 0.1) is 19.3 Å². The van der Waals surface area contributed by atoms with Gasteiger partial charge in [0.1, 0.15) is 5.75 Å². The third kappa shape index (κ3) is 4.22. The molecule has 1 saturated carbocycles. The van der Waals surface area contributed by atoms with Crippen LogP contribution in [0.3, 0.4) is 0 Å². The quantitative estimate of drug-likeness (QED) is 0.576. The predicted molar refractivity (Wildman–Crippen MR) is 82.0 cm³/mol. The van der Waals surface area contributed by atoms with E-state index in [1.165, 1.54) is 44.1 Å². The van der Waals surface area contributed by atoms with E-state index in [4.69, 9.17) is 9.47 Å². The minimum Gasteiger partial charge on any atom is -0.497 e. The van der Waals surface area contributed by atoms with Crippen molar-refractivity contribution in [3.05, 3.63) is 29.8 Å². The molecule has 0 spiro atoms. The van der Waals surface area contributed by atoms with Gasteiger partial charge in [-0.05, 0) is 30.5 Å². The Morgan fingerprint density at radius 2 is 1.68 bits per heavy atom. The number of ether oxygens (including phenoxy) is 2. The van der Waals surface area contributed by atoms with E-state index in [9.17, 15) is 0 Å².